The molecule has 0 amide bonds. The molecule has 3 aromatic heterocycles. The fourth-order valence-electron chi connectivity index (χ4n) is 2.00. The maximum Gasteiger partial charge on any atom is 0.139 e. The first-order valence-electron chi connectivity index (χ1n) is 6.67. The highest BCUT2D eigenvalue weighted by Gasteiger charge is 2.10. The Bertz CT molecular complexity index is 741. The van der Waals surface area contributed by atoms with Crippen LogP contribution in [-0.2, 0) is 0 Å². The van der Waals surface area contributed by atoms with E-state index in [4.69, 9.17) is 5.73 Å². The van der Waals surface area contributed by atoms with Crippen LogP contribution in [0.4, 0.5) is 5.82 Å². The summed E-state index contributed by atoms with van der Waals surface area (Å²) in [6.07, 6.45) is 1.25. The molecule has 108 valence electrons. The molecule has 0 spiro atoms. The van der Waals surface area contributed by atoms with E-state index in [9.17, 15) is 5.11 Å². The van der Waals surface area contributed by atoms with E-state index in [-0.39, 0.29) is 6.54 Å². The van der Waals surface area contributed by atoms with E-state index in [0.29, 0.717) is 12.4 Å². The minimum atomic E-state index is -0.592. The Kier molecular flexibility index (Phi) is 3.76. The molecule has 0 fully saturated rings. The number of aromatic nitrogens is 4. The van der Waals surface area contributed by atoms with Crippen LogP contribution in [0.2, 0.25) is 0 Å². The molecular formula is C14H16N6O. The first-order chi connectivity index (χ1) is 10.3. The summed E-state index contributed by atoms with van der Waals surface area (Å²) >= 11 is 0. The van der Waals surface area contributed by atoms with E-state index in [1.807, 2.05) is 42.6 Å². The first kappa shape index (κ1) is 13.5. The smallest absolute Gasteiger partial charge is 0.139 e. The Hall–Kier alpha value is -2.51. The van der Waals surface area contributed by atoms with Gasteiger partial charge in [-0.05, 0) is 24.3 Å². The summed E-state index contributed by atoms with van der Waals surface area (Å²) in [7, 11) is 0. The number of aliphatic hydroxyl groups excluding tert-OH is 1. The number of nitrogens with two attached hydrogens (primary N) is 1. The number of anilines is 1. The number of aliphatic hydroxyl groups is 1. The molecule has 21 heavy (non-hydrogen) atoms. The van der Waals surface area contributed by atoms with Gasteiger partial charge in [-0.1, -0.05) is 17.3 Å². The number of hydrogen-bond donors (Lipinski definition) is 3. The third kappa shape index (κ3) is 2.83. The highest BCUT2D eigenvalue weighted by Crippen LogP contribution is 2.21. The summed E-state index contributed by atoms with van der Waals surface area (Å²) in [5.41, 5.74) is 7.71. The molecule has 3 aromatic rings. The van der Waals surface area contributed by atoms with Crippen molar-refractivity contribution in [2.24, 2.45) is 5.73 Å². The van der Waals surface area contributed by atoms with E-state index >= 15 is 0 Å². The molecular weight excluding hydrogens is 268 g/mol. The molecule has 1 unspecified atom stereocenters. The molecule has 0 aliphatic carbocycles. The van der Waals surface area contributed by atoms with Crippen LogP contribution in [0.5, 0.6) is 0 Å². The summed E-state index contributed by atoms with van der Waals surface area (Å²) in [5, 5.41) is 20.8. The van der Waals surface area contributed by atoms with Gasteiger partial charge in [0.25, 0.3) is 0 Å². The van der Waals surface area contributed by atoms with Crippen LogP contribution >= 0.6 is 0 Å². The van der Waals surface area contributed by atoms with Crippen molar-refractivity contribution in [1.82, 2.24) is 19.8 Å². The topological polar surface area (TPSA) is 101 Å². The summed E-state index contributed by atoms with van der Waals surface area (Å²) in [4.78, 5) is 4.49. The Morgan fingerprint density at radius 1 is 1.24 bits per heavy atom. The number of nitrogens with one attached hydrogen (secondary N) is 1. The van der Waals surface area contributed by atoms with E-state index in [2.05, 4.69) is 20.6 Å². The summed E-state index contributed by atoms with van der Waals surface area (Å²) in [6, 6.07) is 11.4. The average Bonchev–Trinajstić information content (AvgIpc) is 2.97. The van der Waals surface area contributed by atoms with Gasteiger partial charge in [0.1, 0.15) is 11.5 Å². The third-order valence-corrected chi connectivity index (χ3v) is 3.11. The zero-order chi connectivity index (χ0) is 14.7. The second-order valence-electron chi connectivity index (χ2n) is 4.65. The van der Waals surface area contributed by atoms with Crippen LogP contribution in [0, 0.1) is 0 Å². The number of pyridine rings is 2. The molecule has 3 heterocycles. The van der Waals surface area contributed by atoms with E-state index < -0.39 is 6.10 Å². The largest absolute Gasteiger partial charge is 0.390 e. The van der Waals surface area contributed by atoms with Crippen LogP contribution in [0.1, 0.15) is 0 Å². The predicted octanol–water partition coefficient (Wildman–Crippen LogP) is 0.523. The van der Waals surface area contributed by atoms with Gasteiger partial charge in [0.2, 0.25) is 0 Å². The van der Waals surface area contributed by atoms with Gasteiger partial charge < -0.3 is 16.2 Å². The fraction of sp³-hybridized carbons (Fsp3) is 0.214. The quantitative estimate of drug-likeness (QED) is 0.631. The van der Waals surface area contributed by atoms with Crippen molar-refractivity contribution < 1.29 is 5.11 Å². The number of fused-ring (bicyclic) bond motifs is 1. The lowest BCUT2D eigenvalue weighted by molar-refractivity contribution is 0.196. The van der Waals surface area contributed by atoms with Crippen molar-refractivity contribution in [2.75, 3.05) is 18.4 Å². The minimum absolute atomic E-state index is 0.211. The van der Waals surface area contributed by atoms with Crippen molar-refractivity contribution in [3.63, 3.8) is 0 Å². The summed E-state index contributed by atoms with van der Waals surface area (Å²) < 4.78 is 1.70. The van der Waals surface area contributed by atoms with Crippen molar-refractivity contribution in [3.8, 4) is 11.4 Å². The predicted molar refractivity (Wildman–Crippen MR) is 79.8 cm³/mol. The molecule has 1 atom stereocenters. The molecule has 0 bridgehead atoms. The second-order valence-corrected chi connectivity index (χ2v) is 4.65. The Labute approximate surface area is 121 Å². The second kappa shape index (κ2) is 5.86. The van der Waals surface area contributed by atoms with Crippen molar-refractivity contribution in [3.05, 3.63) is 42.6 Å². The molecule has 0 aliphatic heterocycles. The number of rotatable bonds is 5. The van der Waals surface area contributed by atoms with Crippen LogP contribution in [0.3, 0.4) is 0 Å². The van der Waals surface area contributed by atoms with Crippen LogP contribution in [0.15, 0.2) is 42.6 Å². The average molecular weight is 284 g/mol. The van der Waals surface area contributed by atoms with Gasteiger partial charge in [-0.25, -0.2) is 9.50 Å². The fourth-order valence-corrected chi connectivity index (χ4v) is 2.00. The van der Waals surface area contributed by atoms with Gasteiger partial charge in [-0.3, -0.25) is 0 Å². The summed E-state index contributed by atoms with van der Waals surface area (Å²) in [6.45, 7) is 0.567. The zero-order valence-corrected chi connectivity index (χ0v) is 11.3. The molecule has 7 heteroatoms. The molecule has 4 N–H and O–H groups in total. The van der Waals surface area contributed by atoms with Crippen molar-refractivity contribution >= 4 is 11.3 Å². The molecule has 0 radical (unpaired) electrons. The van der Waals surface area contributed by atoms with Crippen molar-refractivity contribution in [1.29, 1.82) is 0 Å². The molecule has 0 aromatic carbocycles. The summed E-state index contributed by atoms with van der Waals surface area (Å²) in [5.74, 6) is 0.664. The maximum absolute atomic E-state index is 9.47. The number of nitrogens with zero attached hydrogens (tertiary/aromatic N) is 4. The van der Waals surface area contributed by atoms with Crippen LogP contribution in [0.25, 0.3) is 16.9 Å². The zero-order valence-electron chi connectivity index (χ0n) is 11.3. The SMILES string of the molecule is NCC(O)CNc1cccc(-c2nnn3ccccc23)n1. The van der Waals surface area contributed by atoms with E-state index in [1.54, 1.807) is 4.52 Å². The normalized spacial score (nSPS) is 12.5. The van der Waals surface area contributed by atoms with Crippen LogP contribution < -0.4 is 11.1 Å². The Morgan fingerprint density at radius 2 is 2.14 bits per heavy atom. The number of hydrogen-bond acceptors (Lipinski definition) is 6. The third-order valence-electron chi connectivity index (χ3n) is 3.11. The lowest BCUT2D eigenvalue weighted by Gasteiger charge is -2.10. The minimum Gasteiger partial charge on any atom is -0.390 e. The lowest BCUT2D eigenvalue weighted by atomic mass is 10.2. The Morgan fingerprint density at radius 3 is 3.00 bits per heavy atom. The molecule has 0 saturated heterocycles. The molecule has 7 nitrogen and oxygen atoms in total. The van der Waals surface area contributed by atoms with Gasteiger partial charge >= 0.3 is 0 Å². The van der Waals surface area contributed by atoms with E-state index in [1.165, 1.54) is 0 Å². The van der Waals surface area contributed by atoms with Gasteiger partial charge in [-0.2, -0.15) is 0 Å². The van der Waals surface area contributed by atoms with Gasteiger partial charge in [0.15, 0.2) is 0 Å². The van der Waals surface area contributed by atoms with Crippen molar-refractivity contribution in [2.45, 2.75) is 6.10 Å². The highest BCUT2D eigenvalue weighted by atomic mass is 16.3. The molecule has 0 saturated carbocycles. The van der Waals surface area contributed by atoms with Gasteiger partial charge in [-0.15, -0.1) is 5.10 Å². The molecule has 3 rings (SSSR count). The van der Waals surface area contributed by atoms with Gasteiger partial charge in [0.05, 0.1) is 17.3 Å². The van der Waals surface area contributed by atoms with Gasteiger partial charge in [0, 0.05) is 19.3 Å². The van der Waals surface area contributed by atoms with Crippen LogP contribution in [-0.4, -0.2) is 44.1 Å². The Balaban J connectivity index is 1.89. The lowest BCUT2D eigenvalue weighted by Crippen LogP contribution is -2.28. The van der Waals surface area contributed by atoms with E-state index in [0.717, 1.165) is 16.9 Å². The monoisotopic (exact) mass is 284 g/mol. The maximum atomic E-state index is 9.47. The molecule has 0 aliphatic rings. The highest BCUT2D eigenvalue weighted by molar-refractivity contribution is 5.74. The first-order valence-corrected chi connectivity index (χ1v) is 6.67. The standard InChI is InChI=1S/C14H16N6O/c15-8-10(21)9-16-13-6-3-4-11(17-13)14-12-5-1-2-7-20(12)19-18-14/h1-7,10,21H,8-9,15H2,(H,16,17).